The first kappa shape index (κ1) is 18.1. The van der Waals surface area contributed by atoms with Gasteiger partial charge in [-0.25, -0.2) is 0 Å². The molecule has 2 rings (SSSR count). The lowest BCUT2D eigenvalue weighted by atomic mass is 9.84. The average Bonchev–Trinajstić information content (AvgIpc) is 2.56. The Morgan fingerprint density at radius 1 is 1.09 bits per heavy atom. The number of ketones is 1. The third-order valence-electron chi connectivity index (χ3n) is 4.29. The van der Waals surface area contributed by atoms with Gasteiger partial charge in [0, 0.05) is 15.5 Å². The minimum atomic E-state index is -0.602. The van der Waals surface area contributed by atoms with Gasteiger partial charge in [-0.1, -0.05) is 35.9 Å². The molecular formula is C19H22ClNOS. The summed E-state index contributed by atoms with van der Waals surface area (Å²) in [6.45, 7) is 1.99. The van der Waals surface area contributed by atoms with E-state index in [0.29, 0.717) is 11.4 Å². The highest BCUT2D eigenvalue weighted by Crippen LogP contribution is 2.26. The summed E-state index contributed by atoms with van der Waals surface area (Å²) in [6, 6.07) is 15.5. The molecule has 0 aliphatic rings. The summed E-state index contributed by atoms with van der Waals surface area (Å²) >= 11 is 7.63. The van der Waals surface area contributed by atoms with E-state index in [4.69, 9.17) is 11.6 Å². The first-order valence-electron chi connectivity index (χ1n) is 7.47. The van der Waals surface area contributed by atoms with Gasteiger partial charge < -0.3 is 0 Å². The monoisotopic (exact) mass is 347 g/mol. The van der Waals surface area contributed by atoms with Gasteiger partial charge in [-0.2, -0.15) is 0 Å². The molecule has 2 aromatic rings. The Balaban J connectivity index is 2.30. The van der Waals surface area contributed by atoms with Crippen LogP contribution in [-0.2, 0) is 6.42 Å². The van der Waals surface area contributed by atoms with E-state index in [2.05, 4.69) is 0 Å². The second-order valence-electron chi connectivity index (χ2n) is 6.03. The van der Waals surface area contributed by atoms with Crippen LogP contribution < -0.4 is 0 Å². The SMILES string of the molecule is CSc1ccc(C(=O)C(C)(Cc2ccc(Cl)cc2)N(C)C)cc1. The van der Waals surface area contributed by atoms with Gasteiger partial charge in [-0.15, -0.1) is 11.8 Å². The molecule has 122 valence electrons. The molecular weight excluding hydrogens is 326 g/mol. The number of nitrogens with zero attached hydrogens (tertiary/aromatic N) is 1. The van der Waals surface area contributed by atoms with Crippen molar-refractivity contribution in [1.82, 2.24) is 4.90 Å². The molecule has 0 spiro atoms. The molecule has 4 heteroatoms. The summed E-state index contributed by atoms with van der Waals surface area (Å²) in [5, 5.41) is 0.708. The molecule has 0 aromatic heterocycles. The number of Topliss-reactive ketones (excluding diaryl/α,β-unsaturated/α-hetero) is 1. The van der Waals surface area contributed by atoms with E-state index in [1.54, 1.807) is 11.8 Å². The number of halogens is 1. The maximum atomic E-state index is 13.1. The van der Waals surface area contributed by atoms with Crippen LogP contribution in [0.4, 0.5) is 0 Å². The maximum Gasteiger partial charge on any atom is 0.183 e. The molecule has 0 fully saturated rings. The predicted octanol–water partition coefficient (Wildman–Crippen LogP) is 4.81. The minimum absolute atomic E-state index is 0.130. The van der Waals surface area contributed by atoms with Gasteiger partial charge in [0.25, 0.3) is 0 Å². The standard InChI is InChI=1S/C19H22ClNOS/c1-19(21(2)3,13-14-5-9-16(20)10-6-14)18(22)15-7-11-17(23-4)12-8-15/h5-12H,13H2,1-4H3. The van der Waals surface area contributed by atoms with Crippen LogP contribution in [0.1, 0.15) is 22.8 Å². The molecule has 0 saturated carbocycles. The van der Waals surface area contributed by atoms with Gasteiger partial charge in [0.1, 0.15) is 0 Å². The summed E-state index contributed by atoms with van der Waals surface area (Å²) in [4.78, 5) is 16.3. The molecule has 0 saturated heterocycles. The highest BCUT2D eigenvalue weighted by Gasteiger charge is 2.36. The van der Waals surface area contributed by atoms with Crippen LogP contribution in [0.2, 0.25) is 5.02 Å². The Morgan fingerprint density at radius 2 is 1.65 bits per heavy atom. The van der Waals surface area contributed by atoms with Crippen LogP contribution in [0, 0.1) is 0 Å². The summed E-state index contributed by atoms with van der Waals surface area (Å²) < 4.78 is 0. The first-order chi connectivity index (χ1) is 10.9. The normalized spacial score (nSPS) is 13.8. The highest BCUT2D eigenvalue weighted by atomic mass is 35.5. The van der Waals surface area contributed by atoms with Gasteiger partial charge in [0.15, 0.2) is 5.78 Å². The maximum absolute atomic E-state index is 13.1. The lowest BCUT2D eigenvalue weighted by Crippen LogP contribution is -2.50. The van der Waals surface area contributed by atoms with E-state index in [9.17, 15) is 4.79 Å². The number of likely N-dealkylation sites (N-methyl/N-ethyl adjacent to an activating group) is 1. The summed E-state index contributed by atoms with van der Waals surface area (Å²) in [7, 11) is 3.90. The molecule has 0 radical (unpaired) electrons. The Labute approximate surface area is 147 Å². The van der Waals surface area contributed by atoms with Gasteiger partial charge in [0.05, 0.1) is 5.54 Å². The zero-order valence-corrected chi connectivity index (χ0v) is 15.5. The topological polar surface area (TPSA) is 20.3 Å². The van der Waals surface area contributed by atoms with Crippen molar-refractivity contribution in [2.24, 2.45) is 0 Å². The van der Waals surface area contributed by atoms with Crippen LogP contribution in [-0.4, -0.2) is 36.6 Å². The van der Waals surface area contributed by atoms with Crippen molar-refractivity contribution >= 4 is 29.1 Å². The lowest BCUT2D eigenvalue weighted by Gasteiger charge is -2.35. The second-order valence-corrected chi connectivity index (χ2v) is 7.35. The number of benzene rings is 2. The van der Waals surface area contributed by atoms with Crippen LogP contribution >= 0.6 is 23.4 Å². The number of hydrogen-bond acceptors (Lipinski definition) is 3. The van der Waals surface area contributed by atoms with Crippen molar-refractivity contribution in [3.05, 3.63) is 64.7 Å². The zero-order valence-electron chi connectivity index (χ0n) is 14.0. The average molecular weight is 348 g/mol. The van der Waals surface area contributed by atoms with E-state index in [1.165, 1.54) is 0 Å². The van der Waals surface area contributed by atoms with E-state index in [0.717, 1.165) is 16.0 Å². The number of rotatable bonds is 6. The Kier molecular flexibility index (Phi) is 5.90. The van der Waals surface area contributed by atoms with Crippen LogP contribution in [0.15, 0.2) is 53.4 Å². The predicted molar refractivity (Wildman–Crippen MR) is 99.8 cm³/mol. The van der Waals surface area contributed by atoms with E-state index in [1.807, 2.05) is 80.7 Å². The van der Waals surface area contributed by atoms with Crippen LogP contribution in [0.3, 0.4) is 0 Å². The summed E-state index contributed by atoms with van der Waals surface area (Å²) in [5.41, 5.74) is 1.24. The fourth-order valence-electron chi connectivity index (χ4n) is 2.49. The third kappa shape index (κ3) is 4.17. The number of carbonyl (C=O) groups is 1. The second kappa shape index (κ2) is 7.52. The minimum Gasteiger partial charge on any atom is -0.297 e. The van der Waals surface area contributed by atoms with Gasteiger partial charge in [-0.05, 0) is 63.5 Å². The molecule has 0 amide bonds. The van der Waals surface area contributed by atoms with Gasteiger partial charge >= 0.3 is 0 Å². The van der Waals surface area contributed by atoms with E-state index in [-0.39, 0.29) is 5.78 Å². The molecule has 23 heavy (non-hydrogen) atoms. The number of hydrogen-bond donors (Lipinski definition) is 0. The van der Waals surface area contributed by atoms with Crippen molar-refractivity contribution < 1.29 is 4.79 Å². The quantitative estimate of drug-likeness (QED) is 0.552. The molecule has 2 aromatic carbocycles. The van der Waals surface area contributed by atoms with Crippen molar-refractivity contribution in [3.63, 3.8) is 0 Å². The molecule has 2 nitrogen and oxygen atoms in total. The third-order valence-corrected chi connectivity index (χ3v) is 5.29. The summed E-state index contributed by atoms with van der Waals surface area (Å²) in [5.74, 6) is 0.130. The molecule has 1 atom stereocenters. The molecule has 0 N–H and O–H groups in total. The van der Waals surface area contributed by atoms with Crippen LogP contribution in [0.25, 0.3) is 0 Å². The van der Waals surface area contributed by atoms with E-state index >= 15 is 0 Å². The molecule has 0 heterocycles. The molecule has 0 aliphatic carbocycles. The van der Waals surface area contributed by atoms with Crippen molar-refractivity contribution in [2.45, 2.75) is 23.8 Å². The largest absolute Gasteiger partial charge is 0.297 e. The van der Waals surface area contributed by atoms with E-state index < -0.39 is 5.54 Å². The van der Waals surface area contributed by atoms with Crippen molar-refractivity contribution in [2.75, 3.05) is 20.4 Å². The molecule has 0 bridgehead atoms. The Bertz CT molecular complexity index is 667. The van der Waals surface area contributed by atoms with Crippen molar-refractivity contribution in [3.8, 4) is 0 Å². The molecule has 1 unspecified atom stereocenters. The van der Waals surface area contributed by atoms with Gasteiger partial charge in [-0.3, -0.25) is 9.69 Å². The van der Waals surface area contributed by atoms with Crippen molar-refractivity contribution in [1.29, 1.82) is 0 Å². The fraction of sp³-hybridized carbons (Fsp3) is 0.316. The molecule has 0 aliphatic heterocycles. The number of carbonyl (C=O) groups excluding carboxylic acids is 1. The van der Waals surface area contributed by atoms with Gasteiger partial charge in [0.2, 0.25) is 0 Å². The Morgan fingerprint density at radius 3 is 2.13 bits per heavy atom. The fourth-order valence-corrected chi connectivity index (χ4v) is 3.03. The Hall–Kier alpha value is -1.29. The smallest absolute Gasteiger partial charge is 0.183 e. The first-order valence-corrected chi connectivity index (χ1v) is 9.08. The van der Waals surface area contributed by atoms with Crippen LogP contribution in [0.5, 0.6) is 0 Å². The zero-order chi connectivity index (χ0) is 17.0. The lowest BCUT2D eigenvalue weighted by molar-refractivity contribution is 0.0719. The number of thioether (sulfide) groups is 1. The summed E-state index contributed by atoms with van der Waals surface area (Å²) in [6.07, 6.45) is 2.67. The highest BCUT2D eigenvalue weighted by molar-refractivity contribution is 7.98.